The lowest BCUT2D eigenvalue weighted by Gasteiger charge is -2.11. The highest BCUT2D eigenvalue weighted by atomic mass is 32.2. The van der Waals surface area contributed by atoms with Crippen LogP contribution in [0.3, 0.4) is 0 Å². The molecule has 166 valence electrons. The molecule has 0 aromatic heterocycles. The van der Waals surface area contributed by atoms with E-state index in [4.69, 9.17) is 12.2 Å². The van der Waals surface area contributed by atoms with Crippen molar-refractivity contribution >= 4 is 38.9 Å². The standard InChI is InChI=1S/C24H25N3O3S2/c1-18-7-5-6-10-20(18)17-23(28)27-24(31)26-21-11-13-22(14-12-21)32(29,30)25-16-15-19-8-3-2-4-9-19/h2-14,25H,15-17H2,1H3,(H2,26,27,28,31). The molecule has 0 aliphatic carbocycles. The molecule has 0 saturated carbocycles. The number of sulfonamides is 1. The maximum Gasteiger partial charge on any atom is 0.240 e. The Hall–Kier alpha value is -3.07. The molecular weight excluding hydrogens is 442 g/mol. The normalized spacial score (nSPS) is 11.0. The van der Waals surface area contributed by atoms with Crippen LogP contribution in [0.15, 0.2) is 83.8 Å². The Bertz CT molecular complexity index is 1180. The molecule has 3 aromatic rings. The summed E-state index contributed by atoms with van der Waals surface area (Å²) >= 11 is 5.20. The van der Waals surface area contributed by atoms with Crippen molar-refractivity contribution in [1.29, 1.82) is 0 Å². The largest absolute Gasteiger partial charge is 0.332 e. The quantitative estimate of drug-likeness (QED) is 0.441. The van der Waals surface area contributed by atoms with Gasteiger partial charge in [-0.15, -0.1) is 0 Å². The summed E-state index contributed by atoms with van der Waals surface area (Å²) < 4.78 is 27.6. The fourth-order valence-corrected chi connectivity index (χ4v) is 4.35. The Morgan fingerprint density at radius 1 is 0.906 bits per heavy atom. The molecule has 6 nitrogen and oxygen atoms in total. The number of benzene rings is 3. The minimum Gasteiger partial charge on any atom is -0.332 e. The van der Waals surface area contributed by atoms with Crippen LogP contribution < -0.4 is 15.4 Å². The SMILES string of the molecule is Cc1ccccc1CC(=O)NC(=S)Nc1ccc(S(=O)(=O)NCCc2ccccc2)cc1. The first kappa shape index (κ1) is 23.6. The molecule has 32 heavy (non-hydrogen) atoms. The minimum atomic E-state index is -3.61. The lowest BCUT2D eigenvalue weighted by Crippen LogP contribution is -2.35. The van der Waals surface area contributed by atoms with Gasteiger partial charge in [0.2, 0.25) is 15.9 Å². The van der Waals surface area contributed by atoms with E-state index in [1.165, 1.54) is 12.1 Å². The van der Waals surface area contributed by atoms with Gasteiger partial charge in [-0.25, -0.2) is 13.1 Å². The molecule has 0 atom stereocenters. The third-order valence-electron chi connectivity index (χ3n) is 4.84. The van der Waals surface area contributed by atoms with E-state index in [1.807, 2.05) is 61.5 Å². The number of hydrogen-bond acceptors (Lipinski definition) is 4. The number of anilines is 1. The Morgan fingerprint density at radius 2 is 1.56 bits per heavy atom. The van der Waals surface area contributed by atoms with Gasteiger partial charge in [0.15, 0.2) is 5.11 Å². The first-order valence-corrected chi connectivity index (χ1v) is 12.0. The smallest absolute Gasteiger partial charge is 0.240 e. The Morgan fingerprint density at radius 3 is 2.25 bits per heavy atom. The molecule has 0 spiro atoms. The van der Waals surface area contributed by atoms with Crippen molar-refractivity contribution in [2.45, 2.75) is 24.7 Å². The van der Waals surface area contributed by atoms with Gasteiger partial charge in [0.25, 0.3) is 0 Å². The van der Waals surface area contributed by atoms with Gasteiger partial charge in [0.05, 0.1) is 11.3 Å². The van der Waals surface area contributed by atoms with Crippen LogP contribution in [-0.2, 0) is 27.7 Å². The minimum absolute atomic E-state index is 0.153. The number of rotatable bonds is 8. The summed E-state index contributed by atoms with van der Waals surface area (Å²) in [5.41, 5.74) is 3.61. The average Bonchev–Trinajstić information content (AvgIpc) is 2.76. The van der Waals surface area contributed by atoms with E-state index in [1.54, 1.807) is 12.1 Å². The van der Waals surface area contributed by atoms with E-state index in [-0.39, 0.29) is 22.3 Å². The Balaban J connectivity index is 1.50. The van der Waals surface area contributed by atoms with Crippen LogP contribution in [-0.4, -0.2) is 26.0 Å². The topological polar surface area (TPSA) is 87.3 Å². The zero-order valence-electron chi connectivity index (χ0n) is 17.7. The number of thiocarbonyl (C=S) groups is 1. The predicted octanol–water partition coefficient (Wildman–Crippen LogP) is 3.57. The highest BCUT2D eigenvalue weighted by Gasteiger charge is 2.14. The summed E-state index contributed by atoms with van der Waals surface area (Å²) in [5.74, 6) is -0.224. The second kappa shape index (κ2) is 11.0. The Kier molecular flexibility index (Phi) is 8.10. The lowest BCUT2D eigenvalue weighted by atomic mass is 10.1. The van der Waals surface area contributed by atoms with Gasteiger partial charge < -0.3 is 10.6 Å². The summed E-state index contributed by atoms with van der Waals surface area (Å²) in [5, 5.41) is 5.70. The van der Waals surface area contributed by atoms with Gasteiger partial charge in [0.1, 0.15) is 0 Å². The highest BCUT2D eigenvalue weighted by Crippen LogP contribution is 2.14. The number of carbonyl (C=O) groups is 1. The summed E-state index contributed by atoms with van der Waals surface area (Å²) in [6.07, 6.45) is 0.830. The van der Waals surface area contributed by atoms with Crippen LogP contribution in [0.1, 0.15) is 16.7 Å². The molecule has 3 N–H and O–H groups in total. The summed E-state index contributed by atoms with van der Waals surface area (Å²) in [7, 11) is -3.61. The van der Waals surface area contributed by atoms with Crippen LogP contribution in [0, 0.1) is 6.92 Å². The van der Waals surface area contributed by atoms with Crippen LogP contribution >= 0.6 is 12.2 Å². The van der Waals surface area contributed by atoms with Crippen molar-refractivity contribution in [1.82, 2.24) is 10.0 Å². The van der Waals surface area contributed by atoms with Crippen molar-refractivity contribution in [3.05, 3.63) is 95.6 Å². The van der Waals surface area contributed by atoms with Gasteiger partial charge >= 0.3 is 0 Å². The van der Waals surface area contributed by atoms with Gasteiger partial charge in [-0.05, 0) is 66.5 Å². The molecular formula is C24H25N3O3S2. The molecule has 0 heterocycles. The molecule has 0 unspecified atom stereocenters. The number of carbonyl (C=O) groups excluding carboxylic acids is 1. The fourth-order valence-electron chi connectivity index (χ4n) is 3.09. The molecule has 0 aliphatic heterocycles. The van der Waals surface area contributed by atoms with Crippen molar-refractivity contribution < 1.29 is 13.2 Å². The van der Waals surface area contributed by atoms with Crippen molar-refractivity contribution in [3.8, 4) is 0 Å². The van der Waals surface area contributed by atoms with Crippen LogP contribution in [0.25, 0.3) is 0 Å². The molecule has 0 radical (unpaired) electrons. The lowest BCUT2D eigenvalue weighted by molar-refractivity contribution is -0.119. The van der Waals surface area contributed by atoms with Gasteiger partial charge in [-0.2, -0.15) is 0 Å². The predicted molar refractivity (Wildman–Crippen MR) is 131 cm³/mol. The zero-order valence-corrected chi connectivity index (χ0v) is 19.3. The highest BCUT2D eigenvalue weighted by molar-refractivity contribution is 7.89. The average molecular weight is 468 g/mol. The number of aryl methyl sites for hydroxylation is 1. The van der Waals surface area contributed by atoms with E-state index >= 15 is 0 Å². The van der Waals surface area contributed by atoms with Gasteiger partial charge in [-0.3, -0.25) is 4.79 Å². The first-order valence-electron chi connectivity index (χ1n) is 10.1. The van der Waals surface area contributed by atoms with Gasteiger partial charge in [0, 0.05) is 12.2 Å². The monoisotopic (exact) mass is 467 g/mol. The molecule has 0 saturated heterocycles. The van der Waals surface area contributed by atoms with E-state index in [9.17, 15) is 13.2 Å². The zero-order chi connectivity index (χ0) is 23.0. The third kappa shape index (κ3) is 6.98. The summed E-state index contributed by atoms with van der Waals surface area (Å²) in [6.45, 7) is 2.26. The van der Waals surface area contributed by atoms with Crippen LogP contribution in [0.2, 0.25) is 0 Å². The number of amides is 1. The summed E-state index contributed by atoms with van der Waals surface area (Å²) in [4.78, 5) is 12.4. The second-order valence-corrected chi connectivity index (χ2v) is 9.44. The van der Waals surface area contributed by atoms with Crippen LogP contribution in [0.5, 0.6) is 0 Å². The second-order valence-electron chi connectivity index (χ2n) is 7.26. The van der Waals surface area contributed by atoms with E-state index < -0.39 is 10.0 Å². The maximum atomic E-state index is 12.5. The number of hydrogen-bond donors (Lipinski definition) is 3. The molecule has 1 amide bonds. The molecule has 3 aromatic carbocycles. The van der Waals surface area contributed by atoms with Crippen LogP contribution in [0.4, 0.5) is 5.69 Å². The molecule has 0 bridgehead atoms. The number of nitrogens with one attached hydrogen (secondary N) is 3. The van der Waals surface area contributed by atoms with Crippen molar-refractivity contribution in [2.24, 2.45) is 0 Å². The van der Waals surface area contributed by atoms with Gasteiger partial charge in [-0.1, -0.05) is 54.6 Å². The van der Waals surface area contributed by atoms with E-state index in [2.05, 4.69) is 15.4 Å². The molecule has 8 heteroatoms. The molecule has 0 aliphatic rings. The fraction of sp³-hybridized carbons (Fsp3) is 0.167. The Labute approximate surface area is 194 Å². The molecule has 3 rings (SSSR count). The van der Waals surface area contributed by atoms with Crippen molar-refractivity contribution in [3.63, 3.8) is 0 Å². The van der Waals surface area contributed by atoms with E-state index in [0.717, 1.165) is 16.7 Å². The van der Waals surface area contributed by atoms with Crippen molar-refractivity contribution in [2.75, 3.05) is 11.9 Å². The first-order chi connectivity index (χ1) is 15.3. The third-order valence-corrected chi connectivity index (χ3v) is 6.52. The van der Waals surface area contributed by atoms with E-state index in [0.29, 0.717) is 18.7 Å². The molecule has 0 fully saturated rings. The maximum absolute atomic E-state index is 12.5. The summed E-state index contributed by atoms with van der Waals surface area (Å²) in [6, 6.07) is 23.5.